The molecule has 1 aliphatic rings. The predicted octanol–water partition coefficient (Wildman–Crippen LogP) is 7.83. The van der Waals surface area contributed by atoms with Crippen LogP contribution >= 0.6 is 0 Å². The minimum Gasteiger partial charge on any atom is -0.353 e. The van der Waals surface area contributed by atoms with E-state index in [1.165, 1.54) is 18.3 Å². The fourth-order valence-corrected chi connectivity index (χ4v) is 6.19. The van der Waals surface area contributed by atoms with Crippen LogP contribution in [0.4, 0.5) is 45.5 Å². The van der Waals surface area contributed by atoms with Crippen LogP contribution in [0.5, 0.6) is 0 Å². The summed E-state index contributed by atoms with van der Waals surface area (Å²) in [6.07, 6.45) is -6.08. The number of hydrogen-bond acceptors (Lipinski definition) is 7. The van der Waals surface area contributed by atoms with Gasteiger partial charge in [0.05, 0.1) is 16.8 Å². The number of nitrogens with zero attached hydrogens (tertiary/aromatic N) is 5. The lowest BCUT2D eigenvalue weighted by Gasteiger charge is -2.29. The lowest BCUT2D eigenvalue weighted by Crippen LogP contribution is -2.33. The largest absolute Gasteiger partial charge is 0.353 e. The number of likely N-dealkylation sites (N-methyl/N-ethyl adjacent to an activating group) is 1. The first-order valence-corrected chi connectivity index (χ1v) is 16.0. The van der Waals surface area contributed by atoms with Crippen molar-refractivity contribution < 1.29 is 49.1 Å². The first-order chi connectivity index (χ1) is 24.4. The van der Waals surface area contributed by atoms with Gasteiger partial charge in [-0.2, -0.15) is 13.9 Å². The van der Waals surface area contributed by atoms with Crippen LogP contribution in [0.1, 0.15) is 77.1 Å². The van der Waals surface area contributed by atoms with Crippen LogP contribution in [0.2, 0.25) is 0 Å². The van der Waals surface area contributed by atoms with Gasteiger partial charge in [0.2, 0.25) is 5.95 Å². The Balaban J connectivity index is 1.62. The molecule has 0 saturated heterocycles. The number of benzene rings is 2. The Hall–Kier alpha value is -4.80. The molecule has 0 amide bonds. The fraction of sp³-hybridized carbons (Fsp3) is 0.400. The summed E-state index contributed by atoms with van der Waals surface area (Å²) in [5, 5.41) is 6.36. The van der Waals surface area contributed by atoms with Crippen LogP contribution in [0.15, 0.2) is 42.6 Å². The summed E-state index contributed by atoms with van der Waals surface area (Å²) in [5.74, 6) is -13.5. The Kier molecular flexibility index (Phi) is 11.1. The molecular formula is C35H33F9N6O2. The van der Waals surface area contributed by atoms with Crippen LogP contribution in [-0.2, 0) is 29.6 Å². The molecule has 0 bridgehead atoms. The molecule has 0 radical (unpaired) electrons. The molecule has 5 rings (SSSR count). The van der Waals surface area contributed by atoms with Crippen molar-refractivity contribution >= 4 is 17.5 Å². The molecule has 4 aromatic rings. The average Bonchev–Trinajstić information content (AvgIpc) is 3.44. The number of Topliss-reactive ketones (excluding diaryl/α,β-unsaturated/α-hetero) is 2. The summed E-state index contributed by atoms with van der Waals surface area (Å²) >= 11 is 0. The lowest BCUT2D eigenvalue weighted by atomic mass is 9.86. The second-order valence-electron chi connectivity index (χ2n) is 12.9. The Morgan fingerprint density at radius 2 is 1.63 bits per heavy atom. The molecule has 0 aliphatic heterocycles. The number of ketones is 2. The van der Waals surface area contributed by atoms with E-state index in [1.807, 2.05) is 19.0 Å². The third-order valence-corrected chi connectivity index (χ3v) is 8.56. The van der Waals surface area contributed by atoms with E-state index in [9.17, 15) is 40.3 Å². The van der Waals surface area contributed by atoms with E-state index in [0.29, 0.717) is 19.2 Å². The van der Waals surface area contributed by atoms with E-state index in [0.717, 1.165) is 25.1 Å². The number of hydrogen-bond donors (Lipinski definition) is 1. The number of halogens is 9. The maximum absolute atomic E-state index is 15.1. The van der Waals surface area contributed by atoms with Crippen LogP contribution in [0, 0.1) is 17.5 Å². The monoisotopic (exact) mass is 740 g/mol. The zero-order valence-electron chi connectivity index (χ0n) is 28.1. The van der Waals surface area contributed by atoms with Crippen molar-refractivity contribution in [2.24, 2.45) is 0 Å². The van der Waals surface area contributed by atoms with E-state index in [-0.39, 0.29) is 45.0 Å². The van der Waals surface area contributed by atoms with Crippen molar-refractivity contribution in [2.75, 3.05) is 32.5 Å². The standard InChI is InChI=1S/C35H33F9N6O2/c1-18(51)25-14-20(4-5-27(25)38)26-16-46-33(45-8-9-49(2)3)47-29(26)21(10-19-11-22(36)15-23(37)12-19)13-24(52)17-50-31-28(30(48-50)32(39)40)34(41,42)6-7-35(31,43)44/h4-5,11-12,14-16,21,32H,6-10,13,17H2,1-3H3,(H,45,46,47)/t21-/m1/s1. The van der Waals surface area contributed by atoms with E-state index in [2.05, 4.69) is 20.4 Å². The zero-order valence-corrected chi connectivity index (χ0v) is 28.1. The normalized spacial score (nSPS) is 15.5. The Labute approximate surface area is 292 Å². The number of carbonyl (C=O) groups is 2. The van der Waals surface area contributed by atoms with E-state index in [4.69, 9.17) is 0 Å². The van der Waals surface area contributed by atoms with Crippen molar-refractivity contribution in [1.82, 2.24) is 24.6 Å². The molecular weight excluding hydrogens is 707 g/mol. The zero-order chi connectivity index (χ0) is 38.1. The number of carbonyl (C=O) groups excluding carboxylic acids is 2. The topological polar surface area (TPSA) is 93.0 Å². The number of anilines is 1. The van der Waals surface area contributed by atoms with Crippen molar-refractivity contribution in [2.45, 2.75) is 63.3 Å². The van der Waals surface area contributed by atoms with Gasteiger partial charge in [0.15, 0.2) is 11.6 Å². The van der Waals surface area contributed by atoms with E-state index >= 15 is 8.78 Å². The molecule has 2 heterocycles. The molecule has 0 unspecified atom stereocenters. The number of fused-ring (bicyclic) bond motifs is 1. The van der Waals surface area contributed by atoms with Crippen LogP contribution in [0.25, 0.3) is 11.1 Å². The van der Waals surface area contributed by atoms with Crippen molar-refractivity contribution in [3.63, 3.8) is 0 Å². The highest BCUT2D eigenvalue weighted by Crippen LogP contribution is 2.52. The van der Waals surface area contributed by atoms with Gasteiger partial charge >= 0.3 is 0 Å². The summed E-state index contributed by atoms with van der Waals surface area (Å²) < 4.78 is 131. The number of aromatic nitrogens is 4. The second kappa shape index (κ2) is 15.0. The smallest absolute Gasteiger partial charge is 0.290 e. The highest BCUT2D eigenvalue weighted by molar-refractivity contribution is 5.95. The number of alkyl halides is 6. The van der Waals surface area contributed by atoms with Crippen LogP contribution in [-0.4, -0.2) is 63.4 Å². The number of rotatable bonds is 14. The predicted molar refractivity (Wildman–Crippen MR) is 171 cm³/mol. The minimum atomic E-state index is -4.06. The summed E-state index contributed by atoms with van der Waals surface area (Å²) in [5.41, 5.74) is -4.50. The van der Waals surface area contributed by atoms with Crippen molar-refractivity contribution in [1.29, 1.82) is 0 Å². The quantitative estimate of drug-likeness (QED) is 0.104. The van der Waals surface area contributed by atoms with Gasteiger partial charge in [0.25, 0.3) is 18.3 Å². The van der Waals surface area contributed by atoms with Gasteiger partial charge in [-0.15, -0.1) is 0 Å². The van der Waals surface area contributed by atoms with Crippen LogP contribution in [0.3, 0.4) is 0 Å². The maximum atomic E-state index is 15.1. The Morgan fingerprint density at radius 3 is 2.27 bits per heavy atom. The van der Waals surface area contributed by atoms with Gasteiger partial charge in [-0.25, -0.2) is 40.7 Å². The molecule has 0 fully saturated rings. The third-order valence-electron chi connectivity index (χ3n) is 8.56. The SMILES string of the molecule is CC(=O)c1cc(-c2cnc(NCCN(C)C)nc2[C@@H](CC(=O)Cn2nc(C(F)F)c3c2C(F)(F)CCC3(F)F)Cc2cc(F)cc(F)c2)ccc1F. The first-order valence-electron chi connectivity index (χ1n) is 16.0. The van der Waals surface area contributed by atoms with Gasteiger partial charge in [0, 0.05) is 56.1 Å². The first kappa shape index (κ1) is 38.4. The molecule has 1 N–H and O–H groups in total. The summed E-state index contributed by atoms with van der Waals surface area (Å²) in [7, 11) is 3.63. The lowest BCUT2D eigenvalue weighted by molar-refractivity contribution is -0.121. The summed E-state index contributed by atoms with van der Waals surface area (Å²) in [4.78, 5) is 36.7. The molecule has 0 spiro atoms. The maximum Gasteiger partial charge on any atom is 0.290 e. The second-order valence-corrected chi connectivity index (χ2v) is 12.9. The molecule has 2 aromatic heterocycles. The minimum absolute atomic E-state index is 0.0353. The van der Waals surface area contributed by atoms with Crippen LogP contribution < -0.4 is 5.32 Å². The Bertz CT molecular complexity index is 1960. The average molecular weight is 741 g/mol. The Morgan fingerprint density at radius 1 is 0.962 bits per heavy atom. The van der Waals surface area contributed by atoms with Gasteiger partial charge in [-0.05, 0) is 62.8 Å². The summed E-state index contributed by atoms with van der Waals surface area (Å²) in [6, 6.07) is 6.16. The van der Waals surface area contributed by atoms with E-state index in [1.54, 1.807) is 0 Å². The van der Waals surface area contributed by atoms with Gasteiger partial charge < -0.3 is 10.2 Å². The van der Waals surface area contributed by atoms with Crippen molar-refractivity contribution in [3.05, 3.63) is 93.8 Å². The van der Waals surface area contributed by atoms with Gasteiger partial charge in [-0.3, -0.25) is 14.3 Å². The highest BCUT2D eigenvalue weighted by Gasteiger charge is 2.55. The highest BCUT2D eigenvalue weighted by atomic mass is 19.3. The van der Waals surface area contributed by atoms with E-state index < -0.39 is 96.0 Å². The molecule has 278 valence electrons. The molecule has 52 heavy (non-hydrogen) atoms. The van der Waals surface area contributed by atoms with Gasteiger partial charge in [0.1, 0.15) is 35.4 Å². The molecule has 8 nitrogen and oxygen atoms in total. The number of nitrogens with one attached hydrogen (secondary N) is 1. The molecule has 2 aromatic carbocycles. The molecule has 1 atom stereocenters. The fourth-order valence-electron chi connectivity index (χ4n) is 6.19. The van der Waals surface area contributed by atoms with Gasteiger partial charge in [-0.1, -0.05) is 6.07 Å². The molecule has 1 aliphatic carbocycles. The summed E-state index contributed by atoms with van der Waals surface area (Å²) in [6.45, 7) is 0.882. The third kappa shape index (κ3) is 8.45. The molecule has 17 heteroatoms. The molecule has 0 saturated carbocycles. The van der Waals surface area contributed by atoms with Crippen molar-refractivity contribution in [3.8, 4) is 11.1 Å².